The van der Waals surface area contributed by atoms with E-state index in [9.17, 15) is 0 Å². The van der Waals surface area contributed by atoms with Crippen molar-refractivity contribution in [3.8, 4) is 0 Å². The third-order valence-corrected chi connectivity index (χ3v) is 2.91. The lowest BCUT2D eigenvalue weighted by atomic mass is 9.95. The highest BCUT2D eigenvalue weighted by atomic mass is 15.2. The minimum atomic E-state index is 0.281. The fraction of sp³-hybridized carbons (Fsp3) is 1.00. The summed E-state index contributed by atoms with van der Waals surface area (Å²) in [5.74, 6) is 0. The molecule has 13 heavy (non-hydrogen) atoms. The molecule has 2 N–H and O–H groups in total. The van der Waals surface area contributed by atoms with Crippen LogP contribution in [0.3, 0.4) is 0 Å². The second-order valence-electron chi connectivity index (χ2n) is 4.14. The summed E-state index contributed by atoms with van der Waals surface area (Å²) in [5.41, 5.74) is 0.281. The van der Waals surface area contributed by atoms with E-state index < -0.39 is 0 Å². The standard InChI is InChI=1S/C11H24N2/c1-3-5-8-11(7-4-2)12-9-6-10-13-11/h12-13H,3-10H2,1-2H3. The lowest BCUT2D eigenvalue weighted by Crippen LogP contribution is -2.60. The molecule has 0 spiro atoms. The molecule has 1 heterocycles. The molecule has 0 aromatic rings. The summed E-state index contributed by atoms with van der Waals surface area (Å²) in [4.78, 5) is 0. The summed E-state index contributed by atoms with van der Waals surface area (Å²) in [5, 5.41) is 7.31. The lowest BCUT2D eigenvalue weighted by molar-refractivity contribution is 0.184. The summed E-state index contributed by atoms with van der Waals surface area (Å²) in [6.07, 6.45) is 7.74. The van der Waals surface area contributed by atoms with E-state index in [2.05, 4.69) is 24.5 Å². The Morgan fingerprint density at radius 1 is 1.00 bits per heavy atom. The van der Waals surface area contributed by atoms with E-state index in [1.165, 1.54) is 51.6 Å². The van der Waals surface area contributed by atoms with Gasteiger partial charge in [0.15, 0.2) is 0 Å². The van der Waals surface area contributed by atoms with Crippen molar-refractivity contribution < 1.29 is 0 Å². The van der Waals surface area contributed by atoms with Crippen LogP contribution in [0, 0.1) is 0 Å². The van der Waals surface area contributed by atoms with Crippen LogP contribution >= 0.6 is 0 Å². The predicted molar refractivity (Wildman–Crippen MR) is 57.8 cm³/mol. The number of nitrogens with one attached hydrogen (secondary N) is 2. The Bertz CT molecular complexity index is 123. The number of hydrogen-bond acceptors (Lipinski definition) is 2. The number of hydrogen-bond donors (Lipinski definition) is 2. The van der Waals surface area contributed by atoms with Gasteiger partial charge in [0.1, 0.15) is 0 Å². The Morgan fingerprint density at radius 2 is 1.69 bits per heavy atom. The SMILES string of the molecule is CCCCC1(CCC)NCCCN1. The van der Waals surface area contributed by atoms with Gasteiger partial charge >= 0.3 is 0 Å². The molecule has 1 rings (SSSR count). The van der Waals surface area contributed by atoms with Crippen LogP contribution < -0.4 is 10.6 Å². The highest BCUT2D eigenvalue weighted by Gasteiger charge is 2.28. The largest absolute Gasteiger partial charge is 0.299 e. The van der Waals surface area contributed by atoms with Crippen molar-refractivity contribution in [3.05, 3.63) is 0 Å². The van der Waals surface area contributed by atoms with Crippen LogP contribution in [0.25, 0.3) is 0 Å². The molecule has 2 nitrogen and oxygen atoms in total. The Labute approximate surface area is 82.5 Å². The maximum Gasteiger partial charge on any atom is 0.0687 e. The van der Waals surface area contributed by atoms with Crippen molar-refractivity contribution in [3.63, 3.8) is 0 Å². The van der Waals surface area contributed by atoms with Crippen molar-refractivity contribution >= 4 is 0 Å². The zero-order valence-corrected chi connectivity index (χ0v) is 9.16. The first kappa shape index (κ1) is 11.0. The van der Waals surface area contributed by atoms with Gasteiger partial charge in [-0.1, -0.05) is 33.1 Å². The van der Waals surface area contributed by atoms with E-state index in [4.69, 9.17) is 0 Å². The molecule has 2 heteroatoms. The molecular weight excluding hydrogens is 160 g/mol. The molecule has 1 aliphatic heterocycles. The molecule has 0 aromatic carbocycles. The third-order valence-electron chi connectivity index (χ3n) is 2.91. The normalized spacial score (nSPS) is 21.7. The summed E-state index contributed by atoms with van der Waals surface area (Å²) >= 11 is 0. The van der Waals surface area contributed by atoms with Crippen molar-refractivity contribution in [1.82, 2.24) is 10.6 Å². The van der Waals surface area contributed by atoms with E-state index in [0.29, 0.717) is 0 Å². The van der Waals surface area contributed by atoms with Crippen LogP contribution in [-0.2, 0) is 0 Å². The minimum Gasteiger partial charge on any atom is -0.299 e. The van der Waals surface area contributed by atoms with Crippen LogP contribution in [0.5, 0.6) is 0 Å². The van der Waals surface area contributed by atoms with E-state index in [-0.39, 0.29) is 5.66 Å². The van der Waals surface area contributed by atoms with Gasteiger partial charge in [-0.15, -0.1) is 0 Å². The summed E-state index contributed by atoms with van der Waals surface area (Å²) in [6, 6.07) is 0. The van der Waals surface area contributed by atoms with Gasteiger partial charge in [0, 0.05) is 0 Å². The van der Waals surface area contributed by atoms with Gasteiger partial charge < -0.3 is 0 Å². The zero-order chi connectivity index (χ0) is 9.57. The van der Waals surface area contributed by atoms with E-state index >= 15 is 0 Å². The lowest BCUT2D eigenvalue weighted by Gasteiger charge is -2.39. The molecule has 0 atom stereocenters. The second kappa shape index (κ2) is 5.61. The third kappa shape index (κ3) is 3.28. The molecule has 0 saturated carbocycles. The average molecular weight is 184 g/mol. The van der Waals surface area contributed by atoms with Crippen LogP contribution in [0.2, 0.25) is 0 Å². The van der Waals surface area contributed by atoms with Crippen LogP contribution in [-0.4, -0.2) is 18.8 Å². The summed E-state index contributed by atoms with van der Waals surface area (Å²) in [7, 11) is 0. The molecule has 0 unspecified atom stereocenters. The Kier molecular flexibility index (Phi) is 4.74. The predicted octanol–water partition coefficient (Wildman–Crippen LogP) is 2.26. The number of rotatable bonds is 5. The van der Waals surface area contributed by atoms with Crippen molar-refractivity contribution in [2.45, 2.75) is 58.0 Å². The highest BCUT2D eigenvalue weighted by Crippen LogP contribution is 2.19. The Balaban J connectivity index is 2.40. The van der Waals surface area contributed by atoms with Crippen LogP contribution in [0.1, 0.15) is 52.4 Å². The molecule has 78 valence electrons. The van der Waals surface area contributed by atoms with Gasteiger partial charge in [-0.25, -0.2) is 0 Å². The first-order valence-corrected chi connectivity index (χ1v) is 5.83. The van der Waals surface area contributed by atoms with Gasteiger partial charge in [-0.2, -0.15) is 0 Å². The quantitative estimate of drug-likeness (QED) is 0.685. The van der Waals surface area contributed by atoms with Crippen LogP contribution in [0.4, 0.5) is 0 Å². The Hall–Kier alpha value is -0.0800. The van der Waals surface area contributed by atoms with Crippen molar-refractivity contribution in [2.24, 2.45) is 0 Å². The second-order valence-corrected chi connectivity index (χ2v) is 4.14. The average Bonchev–Trinajstić information content (AvgIpc) is 2.17. The number of unbranched alkanes of at least 4 members (excludes halogenated alkanes) is 1. The van der Waals surface area contributed by atoms with Gasteiger partial charge in [0.05, 0.1) is 5.66 Å². The molecular formula is C11H24N2. The molecule has 0 amide bonds. The summed E-state index contributed by atoms with van der Waals surface area (Å²) in [6.45, 7) is 6.92. The maximum atomic E-state index is 3.66. The first-order chi connectivity index (χ1) is 6.33. The van der Waals surface area contributed by atoms with Crippen molar-refractivity contribution in [2.75, 3.05) is 13.1 Å². The molecule has 0 radical (unpaired) electrons. The first-order valence-electron chi connectivity index (χ1n) is 5.83. The van der Waals surface area contributed by atoms with Crippen LogP contribution in [0.15, 0.2) is 0 Å². The Morgan fingerprint density at radius 3 is 2.23 bits per heavy atom. The molecule has 0 aromatic heterocycles. The smallest absolute Gasteiger partial charge is 0.0687 e. The van der Waals surface area contributed by atoms with E-state index in [1.54, 1.807) is 0 Å². The topological polar surface area (TPSA) is 24.1 Å². The zero-order valence-electron chi connectivity index (χ0n) is 9.16. The van der Waals surface area contributed by atoms with Gasteiger partial charge in [-0.05, 0) is 32.4 Å². The summed E-state index contributed by atoms with van der Waals surface area (Å²) < 4.78 is 0. The molecule has 0 bridgehead atoms. The fourth-order valence-corrected chi connectivity index (χ4v) is 2.19. The van der Waals surface area contributed by atoms with Crippen molar-refractivity contribution in [1.29, 1.82) is 0 Å². The fourth-order valence-electron chi connectivity index (χ4n) is 2.19. The molecule has 1 fully saturated rings. The maximum absolute atomic E-state index is 3.66. The molecule has 0 aliphatic carbocycles. The van der Waals surface area contributed by atoms with Gasteiger partial charge in [0.2, 0.25) is 0 Å². The molecule has 1 saturated heterocycles. The van der Waals surface area contributed by atoms with Gasteiger partial charge in [0.25, 0.3) is 0 Å². The van der Waals surface area contributed by atoms with Gasteiger partial charge in [-0.3, -0.25) is 10.6 Å². The molecule has 1 aliphatic rings. The highest BCUT2D eigenvalue weighted by molar-refractivity contribution is 4.87. The van der Waals surface area contributed by atoms with E-state index in [1.807, 2.05) is 0 Å². The minimum absolute atomic E-state index is 0.281. The monoisotopic (exact) mass is 184 g/mol. The van der Waals surface area contributed by atoms with E-state index in [0.717, 1.165) is 0 Å².